The van der Waals surface area contributed by atoms with Crippen LogP contribution in [-0.4, -0.2) is 35.9 Å². The van der Waals surface area contributed by atoms with E-state index in [9.17, 15) is 17.6 Å². The van der Waals surface area contributed by atoms with Crippen LogP contribution < -0.4 is 10.1 Å². The molecule has 2 heterocycles. The Labute approximate surface area is 165 Å². The van der Waals surface area contributed by atoms with Crippen molar-refractivity contribution in [3.8, 4) is 17.0 Å². The minimum atomic E-state index is -4.66. The van der Waals surface area contributed by atoms with E-state index in [0.717, 1.165) is 43.3 Å². The van der Waals surface area contributed by atoms with Crippen LogP contribution >= 0.6 is 11.3 Å². The highest BCUT2D eigenvalue weighted by Gasteiger charge is 2.35. The van der Waals surface area contributed by atoms with Crippen molar-refractivity contribution in [1.29, 1.82) is 0 Å². The van der Waals surface area contributed by atoms with Gasteiger partial charge < -0.3 is 10.1 Å². The van der Waals surface area contributed by atoms with E-state index in [1.54, 1.807) is 7.05 Å². The first kappa shape index (κ1) is 20.9. The lowest BCUT2D eigenvalue weighted by molar-refractivity contribution is -0.139. The van der Waals surface area contributed by atoms with Crippen LogP contribution in [0.15, 0.2) is 18.2 Å². The molecule has 0 saturated carbocycles. The van der Waals surface area contributed by atoms with E-state index in [2.05, 4.69) is 22.1 Å². The first-order valence-corrected chi connectivity index (χ1v) is 9.94. The third-order valence-electron chi connectivity index (χ3n) is 4.80. The topological polar surface area (TPSA) is 37.4 Å². The Kier molecular flexibility index (Phi) is 6.14. The van der Waals surface area contributed by atoms with Gasteiger partial charge in [-0.25, -0.2) is 9.37 Å². The summed E-state index contributed by atoms with van der Waals surface area (Å²) < 4.78 is 58.4. The summed E-state index contributed by atoms with van der Waals surface area (Å²) in [4.78, 5) is 7.69. The fourth-order valence-electron chi connectivity index (χ4n) is 3.38. The van der Waals surface area contributed by atoms with Crippen LogP contribution in [0.4, 0.5) is 22.7 Å². The van der Waals surface area contributed by atoms with Crippen LogP contribution in [0.1, 0.15) is 37.1 Å². The number of likely N-dealkylation sites (tertiary alicyclic amines) is 1. The molecule has 1 N–H and O–H groups in total. The maximum Gasteiger partial charge on any atom is 0.419 e. The van der Waals surface area contributed by atoms with Crippen LogP contribution in [0.3, 0.4) is 0 Å². The second-order valence-electron chi connectivity index (χ2n) is 6.87. The van der Waals surface area contributed by atoms with E-state index in [0.29, 0.717) is 29.0 Å². The van der Waals surface area contributed by atoms with Gasteiger partial charge in [0.15, 0.2) is 5.13 Å². The molecule has 0 bridgehead atoms. The molecule has 2 unspecified atom stereocenters. The second-order valence-corrected chi connectivity index (χ2v) is 7.96. The number of ether oxygens (including phenoxy) is 1. The van der Waals surface area contributed by atoms with Crippen LogP contribution in [0.25, 0.3) is 11.3 Å². The number of hydrogen-bond donors (Lipinski definition) is 1. The van der Waals surface area contributed by atoms with Gasteiger partial charge in [-0.3, -0.25) is 4.90 Å². The zero-order valence-electron chi connectivity index (χ0n) is 15.9. The quantitative estimate of drug-likeness (QED) is 0.626. The molecule has 1 aliphatic rings. The van der Waals surface area contributed by atoms with Crippen LogP contribution in [0, 0.1) is 0 Å². The Bertz CT molecular complexity index is 822. The maximum absolute atomic E-state index is 13.5. The van der Waals surface area contributed by atoms with E-state index in [-0.39, 0.29) is 0 Å². The summed E-state index contributed by atoms with van der Waals surface area (Å²) >= 11 is 1.44. The summed E-state index contributed by atoms with van der Waals surface area (Å²) in [6.07, 6.45) is -4.28. The highest BCUT2D eigenvalue weighted by molar-refractivity contribution is 7.16. The number of benzene rings is 1. The molecular formula is C19H23F4N3OS. The smallest absolute Gasteiger partial charge is 0.419 e. The fourth-order valence-corrected chi connectivity index (χ4v) is 4.34. The molecule has 2 aromatic rings. The van der Waals surface area contributed by atoms with Gasteiger partial charge in [0.05, 0.1) is 11.3 Å². The number of halogens is 4. The van der Waals surface area contributed by atoms with Crippen molar-refractivity contribution in [3.05, 3.63) is 28.6 Å². The fraction of sp³-hybridized carbons (Fsp3) is 0.526. The van der Waals surface area contributed by atoms with Crippen molar-refractivity contribution in [1.82, 2.24) is 9.88 Å². The molecular weight excluding hydrogens is 394 g/mol. The van der Waals surface area contributed by atoms with Crippen molar-refractivity contribution in [2.45, 2.75) is 51.8 Å². The van der Waals surface area contributed by atoms with Crippen LogP contribution in [0.2, 0.25) is 0 Å². The van der Waals surface area contributed by atoms with Crippen molar-refractivity contribution < 1.29 is 22.3 Å². The van der Waals surface area contributed by atoms with Gasteiger partial charge in [0.2, 0.25) is 6.36 Å². The van der Waals surface area contributed by atoms with Crippen molar-refractivity contribution >= 4 is 16.5 Å². The standard InChI is InChI=1S/C19H23F4N3OS/c1-11-5-4-8-26(11)10-16-17(25-18(24-3)28-16)13-6-7-15(27-12(2)20)14(9-13)19(21,22)23/h6-7,9,11-12H,4-5,8,10H2,1-3H3,(H,24,25). The Hall–Kier alpha value is -1.87. The van der Waals surface area contributed by atoms with Gasteiger partial charge in [-0.1, -0.05) is 0 Å². The molecule has 4 nitrogen and oxygen atoms in total. The molecule has 1 saturated heterocycles. The molecule has 0 spiro atoms. The van der Waals surface area contributed by atoms with Gasteiger partial charge in [0.1, 0.15) is 5.75 Å². The molecule has 1 aromatic heterocycles. The zero-order chi connectivity index (χ0) is 20.5. The molecule has 1 fully saturated rings. The van der Waals surface area contributed by atoms with Gasteiger partial charge in [0, 0.05) is 37.0 Å². The average molecular weight is 417 g/mol. The SMILES string of the molecule is CNc1nc(-c2ccc(OC(C)F)c(C(F)(F)F)c2)c(CN2CCCC2C)s1. The number of aromatic nitrogens is 1. The minimum absolute atomic E-state index is 0.339. The molecule has 0 amide bonds. The molecule has 3 rings (SSSR count). The number of nitrogens with one attached hydrogen (secondary N) is 1. The third kappa shape index (κ3) is 4.57. The van der Waals surface area contributed by atoms with E-state index < -0.39 is 23.8 Å². The predicted molar refractivity (Wildman–Crippen MR) is 102 cm³/mol. The Morgan fingerprint density at radius 1 is 1.39 bits per heavy atom. The number of hydrogen-bond acceptors (Lipinski definition) is 5. The number of rotatable bonds is 6. The summed E-state index contributed by atoms with van der Waals surface area (Å²) in [6.45, 7) is 4.79. The number of anilines is 1. The minimum Gasteiger partial charge on any atom is -0.460 e. The Morgan fingerprint density at radius 2 is 2.14 bits per heavy atom. The summed E-state index contributed by atoms with van der Waals surface area (Å²) in [5.41, 5.74) is -0.154. The lowest BCUT2D eigenvalue weighted by atomic mass is 10.1. The van der Waals surface area contributed by atoms with Gasteiger partial charge in [-0.15, -0.1) is 11.3 Å². The van der Waals surface area contributed by atoms with E-state index in [4.69, 9.17) is 4.74 Å². The van der Waals surface area contributed by atoms with Gasteiger partial charge in [0.25, 0.3) is 0 Å². The zero-order valence-corrected chi connectivity index (χ0v) is 16.8. The molecule has 154 valence electrons. The van der Waals surface area contributed by atoms with Crippen molar-refractivity contribution in [2.75, 3.05) is 18.9 Å². The Balaban J connectivity index is 2.01. The third-order valence-corrected chi connectivity index (χ3v) is 5.85. The average Bonchev–Trinajstić information content (AvgIpc) is 3.20. The molecule has 0 radical (unpaired) electrons. The summed E-state index contributed by atoms with van der Waals surface area (Å²) in [7, 11) is 1.73. The largest absolute Gasteiger partial charge is 0.460 e. The lowest BCUT2D eigenvalue weighted by Gasteiger charge is -2.20. The maximum atomic E-state index is 13.5. The highest BCUT2D eigenvalue weighted by atomic mass is 32.1. The summed E-state index contributed by atoms with van der Waals surface area (Å²) in [5.74, 6) is -0.523. The lowest BCUT2D eigenvalue weighted by Crippen LogP contribution is -2.25. The predicted octanol–water partition coefficient (Wildman–Crippen LogP) is 5.55. The van der Waals surface area contributed by atoms with Crippen LogP contribution in [-0.2, 0) is 12.7 Å². The summed E-state index contributed by atoms with van der Waals surface area (Å²) in [6, 6.07) is 4.08. The number of nitrogens with zero attached hydrogens (tertiary/aromatic N) is 2. The first-order valence-electron chi connectivity index (χ1n) is 9.13. The first-order chi connectivity index (χ1) is 13.2. The second kappa shape index (κ2) is 8.24. The van der Waals surface area contributed by atoms with Gasteiger partial charge in [-0.05, 0) is 44.5 Å². The van der Waals surface area contributed by atoms with Crippen LogP contribution in [0.5, 0.6) is 5.75 Å². The van der Waals surface area contributed by atoms with Gasteiger partial charge >= 0.3 is 6.18 Å². The molecule has 1 aliphatic heterocycles. The van der Waals surface area contributed by atoms with E-state index in [1.165, 1.54) is 17.4 Å². The summed E-state index contributed by atoms with van der Waals surface area (Å²) in [5, 5.41) is 3.61. The van der Waals surface area contributed by atoms with E-state index >= 15 is 0 Å². The molecule has 9 heteroatoms. The van der Waals surface area contributed by atoms with Gasteiger partial charge in [-0.2, -0.15) is 13.2 Å². The van der Waals surface area contributed by atoms with E-state index in [1.807, 2.05) is 0 Å². The Morgan fingerprint density at radius 3 is 2.71 bits per heavy atom. The van der Waals surface area contributed by atoms with Crippen molar-refractivity contribution in [3.63, 3.8) is 0 Å². The normalized spacial score (nSPS) is 19.0. The number of alkyl halides is 4. The molecule has 2 atom stereocenters. The monoisotopic (exact) mass is 417 g/mol. The molecule has 28 heavy (non-hydrogen) atoms. The number of thiazole rings is 1. The molecule has 0 aliphatic carbocycles. The molecule has 1 aromatic carbocycles. The van der Waals surface area contributed by atoms with Crippen molar-refractivity contribution in [2.24, 2.45) is 0 Å². The highest BCUT2D eigenvalue weighted by Crippen LogP contribution is 2.41.